The molecule has 3 rings (SSSR count). The molecule has 5 amide bonds. The molecule has 2 aromatic rings. The van der Waals surface area contributed by atoms with Gasteiger partial charge in [-0.15, -0.1) is 0 Å². The van der Waals surface area contributed by atoms with E-state index in [-0.39, 0.29) is 37.7 Å². The number of likely N-dealkylation sites (tertiary alicyclic amines) is 1. The lowest BCUT2D eigenvalue weighted by atomic mass is 9.82. The van der Waals surface area contributed by atoms with Gasteiger partial charge in [-0.05, 0) is 60.8 Å². The van der Waals surface area contributed by atoms with E-state index in [9.17, 15) is 43.5 Å². The lowest BCUT2D eigenvalue weighted by molar-refractivity contribution is -0.139. The standard InChI is InChI=1S/C41H56BN5O11/c1-4-5-7-27-9-11-28(12-10-27)29-13-15-30(16-14-29)41(56)46-32(24-48)35(50)20-25(2)39(54)44-23-38(53)47-19-6-8-33(47)36(51)21-26(3)40(55)45-31(22-37(43)52)34(49)17-18-42(57)58/h9-16,25-26,31-33,48,57-58H,4-8,17-24H2,1-3H3,(H2,43,52)(H,44,54)(H,45,55)(H,46,56)/t25-,26+,31-,32+,33-/m0/s1. The number of rotatable bonds is 24. The minimum absolute atomic E-state index is 0.235. The van der Waals surface area contributed by atoms with E-state index in [4.69, 9.17) is 15.8 Å². The number of benzene rings is 2. The number of carbonyl (C=O) groups is 8. The Morgan fingerprint density at radius 3 is 2.03 bits per heavy atom. The molecule has 17 heteroatoms. The number of carbonyl (C=O) groups excluding carboxylic acids is 8. The topological polar surface area (TPSA) is 263 Å². The van der Waals surface area contributed by atoms with Crippen LogP contribution in [-0.2, 0) is 40.0 Å². The van der Waals surface area contributed by atoms with Crippen molar-refractivity contribution in [1.82, 2.24) is 20.9 Å². The average Bonchev–Trinajstić information content (AvgIpc) is 3.70. The molecule has 0 aliphatic carbocycles. The van der Waals surface area contributed by atoms with Crippen LogP contribution >= 0.6 is 0 Å². The molecule has 1 aliphatic rings. The molecule has 0 aromatic heterocycles. The van der Waals surface area contributed by atoms with Crippen LogP contribution < -0.4 is 21.7 Å². The van der Waals surface area contributed by atoms with Gasteiger partial charge in [-0.2, -0.15) is 0 Å². The first-order chi connectivity index (χ1) is 27.5. The summed E-state index contributed by atoms with van der Waals surface area (Å²) in [5.74, 6) is -6.82. The highest BCUT2D eigenvalue weighted by Gasteiger charge is 2.36. The number of aliphatic hydroxyl groups is 1. The lowest BCUT2D eigenvalue weighted by Gasteiger charge is -2.25. The largest absolute Gasteiger partial charge is 0.451 e. The van der Waals surface area contributed by atoms with Crippen LogP contribution in [0.15, 0.2) is 48.5 Å². The summed E-state index contributed by atoms with van der Waals surface area (Å²) in [5.41, 5.74) is 8.66. The van der Waals surface area contributed by atoms with Gasteiger partial charge in [0.1, 0.15) is 6.04 Å². The number of nitrogens with zero attached hydrogens (tertiary/aromatic N) is 1. The molecule has 0 radical (unpaired) electrons. The number of amides is 5. The van der Waals surface area contributed by atoms with E-state index in [1.54, 1.807) is 24.3 Å². The average molecular weight is 806 g/mol. The van der Waals surface area contributed by atoms with Crippen molar-refractivity contribution in [3.05, 3.63) is 59.7 Å². The summed E-state index contributed by atoms with van der Waals surface area (Å²) in [6.07, 6.45) is 2.29. The van der Waals surface area contributed by atoms with Crippen LogP contribution in [0.1, 0.15) is 88.1 Å². The number of nitrogens with two attached hydrogens (primary N) is 1. The Balaban J connectivity index is 1.48. The monoisotopic (exact) mass is 805 g/mol. The van der Waals surface area contributed by atoms with Crippen molar-refractivity contribution in [1.29, 1.82) is 0 Å². The maximum Gasteiger partial charge on any atom is 0.451 e. The van der Waals surface area contributed by atoms with Crippen LogP contribution in [-0.4, -0.2) is 112 Å². The normalized spacial score (nSPS) is 15.7. The number of hydrogen-bond donors (Lipinski definition) is 7. The SMILES string of the molecule is CCCCc1ccc(-c2ccc(C(=O)N[C@H](CO)C(=O)C[C@H](C)C(=O)NCC(=O)N3CCC[C@H]3C(=O)C[C@@H](C)C(=O)N[C@@H](CC(N)=O)C(=O)CCB(O)O)cc2)cc1. The molecule has 1 fully saturated rings. The Morgan fingerprint density at radius 1 is 0.828 bits per heavy atom. The number of ketones is 3. The Bertz CT molecular complexity index is 1770. The molecular formula is C41H56BN5O11. The van der Waals surface area contributed by atoms with Crippen LogP contribution in [0.2, 0.25) is 6.32 Å². The van der Waals surface area contributed by atoms with Gasteiger partial charge < -0.3 is 41.7 Å². The molecular weight excluding hydrogens is 749 g/mol. The zero-order valence-electron chi connectivity index (χ0n) is 33.4. The molecule has 16 nitrogen and oxygen atoms in total. The summed E-state index contributed by atoms with van der Waals surface area (Å²) >= 11 is 0. The summed E-state index contributed by atoms with van der Waals surface area (Å²) in [4.78, 5) is 103. The molecule has 5 atom stereocenters. The predicted molar refractivity (Wildman–Crippen MR) is 215 cm³/mol. The van der Waals surface area contributed by atoms with Crippen LogP contribution in [0.3, 0.4) is 0 Å². The minimum atomic E-state index is -1.76. The molecule has 0 bridgehead atoms. The van der Waals surface area contributed by atoms with E-state index in [1.807, 2.05) is 12.1 Å². The van der Waals surface area contributed by atoms with Crippen LogP contribution in [0.25, 0.3) is 11.1 Å². The van der Waals surface area contributed by atoms with Gasteiger partial charge in [0.25, 0.3) is 5.91 Å². The third-order valence-corrected chi connectivity index (χ3v) is 10.2. The van der Waals surface area contributed by atoms with Crippen molar-refractivity contribution in [2.24, 2.45) is 17.6 Å². The summed E-state index contributed by atoms with van der Waals surface area (Å²) in [7, 11) is -1.76. The third kappa shape index (κ3) is 14.6. The fourth-order valence-corrected chi connectivity index (χ4v) is 6.64. The lowest BCUT2D eigenvalue weighted by Crippen LogP contribution is -2.48. The quantitative estimate of drug-likeness (QED) is 0.0733. The molecule has 314 valence electrons. The zero-order chi connectivity index (χ0) is 42.9. The molecule has 1 heterocycles. The van der Waals surface area contributed by atoms with E-state index in [0.717, 1.165) is 30.4 Å². The van der Waals surface area contributed by atoms with E-state index in [2.05, 4.69) is 35.0 Å². The number of aliphatic hydroxyl groups excluding tert-OH is 1. The minimum Gasteiger partial charge on any atom is -0.427 e. The predicted octanol–water partition coefficient (Wildman–Crippen LogP) is 0.877. The molecule has 0 spiro atoms. The number of nitrogens with one attached hydrogen (secondary N) is 3. The fraction of sp³-hybridized carbons (Fsp3) is 0.512. The fourth-order valence-electron chi connectivity index (χ4n) is 6.64. The molecule has 0 saturated carbocycles. The first kappa shape index (κ1) is 47.1. The summed E-state index contributed by atoms with van der Waals surface area (Å²) in [6, 6.07) is 11.6. The first-order valence-electron chi connectivity index (χ1n) is 19.8. The number of primary amides is 1. The summed E-state index contributed by atoms with van der Waals surface area (Å²) in [6.45, 7) is 4.14. The van der Waals surface area contributed by atoms with Crippen LogP contribution in [0.4, 0.5) is 0 Å². The maximum absolute atomic E-state index is 13.2. The van der Waals surface area contributed by atoms with E-state index in [1.165, 1.54) is 24.3 Å². The van der Waals surface area contributed by atoms with Gasteiger partial charge in [0, 0.05) is 43.2 Å². The summed E-state index contributed by atoms with van der Waals surface area (Å²) < 4.78 is 0. The number of hydrogen-bond acceptors (Lipinski definition) is 11. The Hall–Kier alpha value is -5.26. The van der Waals surface area contributed by atoms with Crippen molar-refractivity contribution >= 4 is 54.0 Å². The van der Waals surface area contributed by atoms with E-state index >= 15 is 0 Å². The Labute approximate surface area is 338 Å². The van der Waals surface area contributed by atoms with E-state index < -0.39 is 104 Å². The molecule has 8 N–H and O–H groups in total. The van der Waals surface area contributed by atoms with E-state index in [0.29, 0.717) is 12.8 Å². The van der Waals surface area contributed by atoms with Crippen molar-refractivity contribution in [2.45, 2.75) is 103 Å². The van der Waals surface area contributed by atoms with Gasteiger partial charge in [-0.3, -0.25) is 38.4 Å². The highest BCUT2D eigenvalue weighted by atomic mass is 16.4. The second-order valence-electron chi connectivity index (χ2n) is 14.9. The Morgan fingerprint density at radius 2 is 1.45 bits per heavy atom. The molecule has 58 heavy (non-hydrogen) atoms. The smallest absolute Gasteiger partial charge is 0.427 e. The Kier molecular flexibility index (Phi) is 18.9. The van der Waals surface area contributed by atoms with Crippen LogP contribution in [0, 0.1) is 11.8 Å². The zero-order valence-corrected chi connectivity index (χ0v) is 33.4. The van der Waals surface area contributed by atoms with Gasteiger partial charge in [-0.1, -0.05) is 63.6 Å². The van der Waals surface area contributed by atoms with Gasteiger partial charge in [-0.25, -0.2) is 0 Å². The van der Waals surface area contributed by atoms with Gasteiger partial charge in [0.15, 0.2) is 17.3 Å². The second kappa shape index (κ2) is 23.2. The molecule has 0 unspecified atom stereocenters. The van der Waals surface area contributed by atoms with Gasteiger partial charge >= 0.3 is 7.12 Å². The first-order valence-corrected chi connectivity index (χ1v) is 19.8. The summed E-state index contributed by atoms with van der Waals surface area (Å²) in [5, 5.41) is 35.4. The third-order valence-electron chi connectivity index (χ3n) is 10.2. The molecule has 2 aromatic carbocycles. The van der Waals surface area contributed by atoms with Crippen molar-refractivity contribution in [2.75, 3.05) is 19.7 Å². The van der Waals surface area contributed by atoms with Crippen molar-refractivity contribution < 1.29 is 53.5 Å². The van der Waals surface area contributed by atoms with Crippen molar-refractivity contribution in [3.8, 4) is 11.1 Å². The molecule has 1 saturated heterocycles. The van der Waals surface area contributed by atoms with Gasteiger partial charge in [0.05, 0.1) is 31.7 Å². The highest BCUT2D eigenvalue weighted by molar-refractivity contribution is 6.41. The van der Waals surface area contributed by atoms with Crippen LogP contribution in [0.5, 0.6) is 0 Å². The maximum atomic E-state index is 13.2. The molecule has 1 aliphatic heterocycles. The number of unbranched alkanes of at least 4 members (excludes halogenated alkanes) is 1. The van der Waals surface area contributed by atoms with Gasteiger partial charge in [0.2, 0.25) is 23.6 Å². The number of Topliss-reactive ketones (excluding diaryl/α,β-unsaturated/α-hetero) is 3. The highest BCUT2D eigenvalue weighted by Crippen LogP contribution is 2.23. The van der Waals surface area contributed by atoms with Crippen molar-refractivity contribution in [3.63, 3.8) is 0 Å². The number of aryl methyl sites for hydroxylation is 1. The second-order valence-corrected chi connectivity index (χ2v) is 14.9.